The third kappa shape index (κ3) is 1.75. The summed E-state index contributed by atoms with van der Waals surface area (Å²) < 4.78 is 14.4. The molecule has 9 heteroatoms. The number of anilines is 1. The lowest BCUT2D eigenvalue weighted by Crippen LogP contribution is -2.33. The lowest BCUT2D eigenvalue weighted by atomic mass is 10.1. The van der Waals surface area contributed by atoms with Crippen molar-refractivity contribution in [2.24, 2.45) is 0 Å². The summed E-state index contributed by atoms with van der Waals surface area (Å²) in [6.45, 7) is -0.453. The summed E-state index contributed by atoms with van der Waals surface area (Å²) in [6, 6.07) is 0. The van der Waals surface area contributed by atoms with Gasteiger partial charge in [0.25, 0.3) is 0 Å². The minimum Gasteiger partial charge on any atom is -0.394 e. The quantitative estimate of drug-likeness (QED) is 0.491. The number of hydrogen-bond donors (Lipinski definition) is 4. The molecule has 9 nitrogen and oxygen atoms in total. The summed E-state index contributed by atoms with van der Waals surface area (Å²) in [5, 5.41) is 28.8. The van der Waals surface area contributed by atoms with Crippen LogP contribution >= 0.6 is 0 Å². The third-order valence-electron chi connectivity index (χ3n) is 3.10. The molecule has 0 unspecified atom stereocenters. The maximum atomic E-state index is 9.99. The molecule has 102 valence electrons. The van der Waals surface area contributed by atoms with Crippen LogP contribution in [0.2, 0.25) is 0 Å². The summed E-state index contributed by atoms with van der Waals surface area (Å²) >= 11 is 0. The van der Waals surface area contributed by atoms with Gasteiger partial charge in [0.2, 0.25) is 0 Å². The van der Waals surface area contributed by atoms with E-state index in [1.165, 1.54) is 10.9 Å². The monoisotopic (exact) mass is 269 g/mol. The molecule has 1 saturated heterocycles. The van der Waals surface area contributed by atoms with E-state index >= 15 is 0 Å². The summed E-state index contributed by atoms with van der Waals surface area (Å²) in [6.07, 6.45) is -3.62. The molecule has 3 rings (SSSR count). The molecule has 0 spiro atoms. The van der Waals surface area contributed by atoms with Crippen molar-refractivity contribution in [3.63, 3.8) is 0 Å². The van der Waals surface area contributed by atoms with Crippen LogP contribution in [0.3, 0.4) is 0 Å². The number of rotatable bonds is 2. The van der Waals surface area contributed by atoms with Crippen molar-refractivity contribution in [2.75, 3.05) is 12.3 Å². The largest absolute Gasteiger partial charge is 0.394 e. The van der Waals surface area contributed by atoms with Crippen molar-refractivity contribution in [3.05, 3.63) is 12.6 Å². The highest BCUT2D eigenvalue weighted by Gasteiger charge is 2.43. The predicted molar refractivity (Wildman–Crippen MR) is 62.7 cm³/mol. The van der Waals surface area contributed by atoms with Crippen molar-refractivity contribution in [1.29, 1.82) is 0 Å². The van der Waals surface area contributed by atoms with E-state index < -0.39 is 31.1 Å². The number of ether oxygens (including phenoxy) is 1. The molecule has 4 atom stereocenters. The van der Waals surface area contributed by atoms with E-state index in [2.05, 4.69) is 15.0 Å². The smallest absolute Gasteiger partial charge is 0.167 e. The number of imidazole rings is 1. The fraction of sp³-hybridized carbons (Fsp3) is 0.500. The second kappa shape index (κ2) is 4.38. The number of aliphatic hydroxyl groups is 3. The molecule has 0 aliphatic carbocycles. The van der Waals surface area contributed by atoms with Crippen molar-refractivity contribution in [2.45, 2.75) is 24.5 Å². The van der Waals surface area contributed by atoms with Crippen LogP contribution in [0.4, 0.5) is 5.82 Å². The van der Waals surface area contributed by atoms with Gasteiger partial charge in [-0.2, -0.15) is 0 Å². The molecule has 3 heterocycles. The van der Waals surface area contributed by atoms with Gasteiger partial charge in [-0.1, -0.05) is 0 Å². The Hall–Kier alpha value is -1.81. The molecule has 1 aliphatic rings. The Morgan fingerprint density at radius 1 is 1.37 bits per heavy atom. The SMILES string of the molecule is [3H]c1nc2c(N)ncnc2n1[C@@H]1O[C@H](CO)[C@@H](O)[C@H]1O. The van der Waals surface area contributed by atoms with Crippen LogP contribution < -0.4 is 5.73 Å². The van der Waals surface area contributed by atoms with E-state index in [0.717, 1.165) is 0 Å². The Kier molecular flexibility index (Phi) is 2.55. The first-order valence-electron chi connectivity index (χ1n) is 6.12. The first-order chi connectivity index (χ1) is 9.54. The van der Waals surface area contributed by atoms with Crippen molar-refractivity contribution in [3.8, 4) is 0 Å². The van der Waals surface area contributed by atoms with Gasteiger partial charge in [-0.3, -0.25) is 4.57 Å². The predicted octanol–water partition coefficient (Wildman–Crippen LogP) is -1.98. The van der Waals surface area contributed by atoms with Gasteiger partial charge < -0.3 is 25.8 Å². The average molecular weight is 269 g/mol. The van der Waals surface area contributed by atoms with Gasteiger partial charge in [-0.15, -0.1) is 0 Å². The van der Waals surface area contributed by atoms with Crippen LogP contribution in [0.5, 0.6) is 0 Å². The molecule has 19 heavy (non-hydrogen) atoms. The van der Waals surface area contributed by atoms with Crippen LogP contribution in [0.15, 0.2) is 12.6 Å². The molecular weight excluding hydrogens is 254 g/mol. The van der Waals surface area contributed by atoms with E-state index in [1.807, 2.05) is 0 Å². The van der Waals surface area contributed by atoms with Gasteiger partial charge in [-0.25, -0.2) is 15.0 Å². The molecular formula is C10H13N5O4. The summed E-state index contributed by atoms with van der Waals surface area (Å²) in [5.41, 5.74) is 6.09. The molecule has 5 N–H and O–H groups in total. The highest BCUT2D eigenvalue weighted by molar-refractivity contribution is 5.81. The zero-order valence-electron chi connectivity index (χ0n) is 10.7. The summed E-state index contributed by atoms with van der Waals surface area (Å²) in [5.74, 6) is 0.106. The van der Waals surface area contributed by atoms with Gasteiger partial charge in [-0.05, 0) is 0 Å². The van der Waals surface area contributed by atoms with Gasteiger partial charge in [0.15, 0.2) is 17.7 Å². The Morgan fingerprint density at radius 3 is 2.84 bits per heavy atom. The topological polar surface area (TPSA) is 140 Å². The van der Waals surface area contributed by atoms with Crippen LogP contribution in [0.1, 0.15) is 7.60 Å². The summed E-state index contributed by atoms with van der Waals surface area (Å²) in [7, 11) is 0. The standard InChI is InChI=1S/C10H13N5O4/c11-8-5-9(13-2-12-8)15(3-14-5)10-7(18)6(17)4(1-16)19-10/h2-4,6-7,10,16-18H,1H2,(H2,11,12,13)/t4-,6-,7-,10-/m1/s1/i3T. The minimum atomic E-state index is -1.31. The molecule has 0 aromatic carbocycles. The van der Waals surface area contributed by atoms with E-state index in [9.17, 15) is 10.2 Å². The average Bonchev–Trinajstić information content (AvgIpc) is 2.90. The molecule has 0 amide bonds. The highest BCUT2D eigenvalue weighted by atomic mass is 16.6. The Balaban J connectivity index is 2.11. The molecule has 1 aliphatic heterocycles. The Labute approximate surface area is 108 Å². The third-order valence-corrected chi connectivity index (χ3v) is 3.10. The van der Waals surface area contributed by atoms with Crippen molar-refractivity contribution < 1.29 is 21.4 Å². The number of aliphatic hydroxyl groups excluding tert-OH is 3. The first-order valence-corrected chi connectivity index (χ1v) is 5.62. The fourth-order valence-corrected chi connectivity index (χ4v) is 2.09. The second-order valence-electron chi connectivity index (χ2n) is 4.24. The van der Waals surface area contributed by atoms with Gasteiger partial charge >= 0.3 is 0 Å². The maximum Gasteiger partial charge on any atom is 0.167 e. The van der Waals surface area contributed by atoms with Crippen LogP contribution in [0, 0.1) is 0 Å². The number of nitrogens with zero attached hydrogens (tertiary/aromatic N) is 4. The lowest BCUT2D eigenvalue weighted by molar-refractivity contribution is -0.0511. The Bertz CT molecular complexity index is 650. The molecule has 0 saturated carbocycles. The number of fused-ring (bicyclic) bond motifs is 1. The molecule has 2 aromatic rings. The number of nitrogens with two attached hydrogens (primary N) is 1. The van der Waals surface area contributed by atoms with Crippen molar-refractivity contribution in [1.82, 2.24) is 19.5 Å². The zero-order valence-corrected chi connectivity index (χ0v) is 9.71. The number of nitrogen functional groups attached to an aromatic ring is 1. The van der Waals surface area contributed by atoms with E-state index in [0.29, 0.717) is 0 Å². The zero-order chi connectivity index (χ0) is 14.4. The fourth-order valence-electron chi connectivity index (χ4n) is 2.09. The molecule has 2 aromatic heterocycles. The molecule has 0 radical (unpaired) electrons. The van der Waals surface area contributed by atoms with Crippen LogP contribution in [-0.4, -0.2) is 59.8 Å². The van der Waals surface area contributed by atoms with Gasteiger partial charge in [0.05, 0.1) is 12.9 Å². The van der Waals surface area contributed by atoms with Gasteiger partial charge in [0, 0.05) is 0 Å². The Morgan fingerprint density at radius 2 is 2.16 bits per heavy atom. The van der Waals surface area contributed by atoms with E-state index in [-0.39, 0.29) is 23.3 Å². The van der Waals surface area contributed by atoms with E-state index in [4.69, 9.17) is 16.9 Å². The van der Waals surface area contributed by atoms with E-state index in [1.54, 1.807) is 0 Å². The van der Waals surface area contributed by atoms with Crippen LogP contribution in [-0.2, 0) is 4.74 Å². The highest BCUT2D eigenvalue weighted by Crippen LogP contribution is 2.31. The second-order valence-corrected chi connectivity index (χ2v) is 4.24. The lowest BCUT2D eigenvalue weighted by Gasteiger charge is -2.16. The van der Waals surface area contributed by atoms with Crippen LogP contribution in [0.25, 0.3) is 11.2 Å². The normalized spacial score (nSPS) is 31.8. The number of hydrogen-bond acceptors (Lipinski definition) is 8. The minimum absolute atomic E-state index is 0.106. The summed E-state index contributed by atoms with van der Waals surface area (Å²) in [4.78, 5) is 11.7. The van der Waals surface area contributed by atoms with Gasteiger partial charge in [0.1, 0.15) is 31.5 Å². The molecule has 0 bridgehead atoms. The molecule has 1 fully saturated rings. The first kappa shape index (κ1) is 11.1. The number of aromatic nitrogens is 4. The maximum absolute atomic E-state index is 9.99. The van der Waals surface area contributed by atoms with Crippen molar-refractivity contribution >= 4 is 17.0 Å².